The van der Waals surface area contributed by atoms with Gasteiger partial charge in [0.1, 0.15) is 6.04 Å². The minimum atomic E-state index is -0.797. The molecule has 5 nitrogen and oxygen atoms in total. The minimum Gasteiger partial charge on any atom is -0.358 e. The lowest BCUT2D eigenvalue weighted by Crippen LogP contribution is -2.44. The third-order valence-corrected chi connectivity index (χ3v) is 7.67. The Morgan fingerprint density at radius 2 is 1.62 bits per heavy atom. The van der Waals surface area contributed by atoms with Crippen molar-refractivity contribution in [1.82, 2.24) is 4.90 Å². The van der Waals surface area contributed by atoms with Crippen molar-refractivity contribution < 1.29 is 14.4 Å². The number of ketones is 1. The quantitative estimate of drug-likeness (QED) is 0.330. The zero-order valence-electron chi connectivity index (χ0n) is 17.8. The molecule has 7 heteroatoms. The highest BCUT2D eigenvalue weighted by Crippen LogP contribution is 2.53. The molecular formula is C27H18BrClN2O3. The van der Waals surface area contributed by atoms with Gasteiger partial charge >= 0.3 is 0 Å². The average molecular weight is 534 g/mol. The maximum atomic E-state index is 13.8. The van der Waals surface area contributed by atoms with Crippen molar-refractivity contribution in [3.8, 4) is 0 Å². The van der Waals surface area contributed by atoms with Crippen LogP contribution in [0.3, 0.4) is 0 Å². The third kappa shape index (κ3) is 3.09. The van der Waals surface area contributed by atoms with Gasteiger partial charge in [-0.1, -0.05) is 57.9 Å². The Hall–Kier alpha value is -3.22. The van der Waals surface area contributed by atoms with Crippen LogP contribution in [-0.2, 0) is 9.59 Å². The average Bonchev–Trinajstić information content (AvgIpc) is 3.31. The summed E-state index contributed by atoms with van der Waals surface area (Å²) >= 11 is 9.46. The number of halogens is 2. The van der Waals surface area contributed by atoms with Crippen molar-refractivity contribution in [2.75, 3.05) is 4.90 Å². The van der Waals surface area contributed by atoms with E-state index >= 15 is 0 Å². The van der Waals surface area contributed by atoms with E-state index in [4.69, 9.17) is 11.6 Å². The van der Waals surface area contributed by atoms with Gasteiger partial charge < -0.3 is 4.90 Å². The molecule has 0 aliphatic carbocycles. The SMILES string of the molecule is O=C(c1ccc(Cl)cc1)[C@@H]1[C@@H]2C(=O)N(c3cccc(Br)c3)C(=O)[C@@H]2[C@@H]2c3ccccc3C=CN12. The summed E-state index contributed by atoms with van der Waals surface area (Å²) in [6, 6.07) is 20.4. The molecule has 0 radical (unpaired) electrons. The van der Waals surface area contributed by atoms with E-state index in [0.717, 1.165) is 15.6 Å². The summed E-state index contributed by atoms with van der Waals surface area (Å²) < 4.78 is 0.768. The van der Waals surface area contributed by atoms with Crippen LogP contribution in [0.2, 0.25) is 5.02 Å². The lowest BCUT2D eigenvalue weighted by molar-refractivity contribution is -0.123. The number of amides is 2. The Morgan fingerprint density at radius 3 is 2.38 bits per heavy atom. The number of rotatable bonds is 3. The number of fused-ring (bicyclic) bond motifs is 5. The molecule has 0 N–H and O–H groups in total. The van der Waals surface area contributed by atoms with Gasteiger partial charge in [-0.15, -0.1) is 0 Å². The standard InChI is InChI=1S/C27H18BrClN2O3/c28-17-5-3-6-19(14-17)31-26(33)21-22(27(31)34)24(25(32)16-8-10-18(29)11-9-16)30-13-12-15-4-1-2-7-20(15)23(21)30/h1-14,21-24H/t21-,22+,23-,24-/m0/s1. The molecule has 3 aliphatic heterocycles. The first-order valence-corrected chi connectivity index (χ1v) is 12.1. The van der Waals surface area contributed by atoms with Crippen LogP contribution in [0.5, 0.6) is 0 Å². The number of hydrogen-bond donors (Lipinski definition) is 0. The molecule has 0 aromatic heterocycles. The van der Waals surface area contributed by atoms with Gasteiger partial charge in [-0.3, -0.25) is 14.4 Å². The minimum absolute atomic E-state index is 0.199. The van der Waals surface area contributed by atoms with E-state index in [1.807, 2.05) is 47.5 Å². The number of imide groups is 1. The van der Waals surface area contributed by atoms with Crippen LogP contribution < -0.4 is 4.90 Å². The third-order valence-electron chi connectivity index (χ3n) is 6.93. The fraction of sp³-hybridized carbons (Fsp3) is 0.148. The molecule has 34 heavy (non-hydrogen) atoms. The van der Waals surface area contributed by atoms with Crippen LogP contribution in [0, 0.1) is 11.8 Å². The van der Waals surface area contributed by atoms with Crippen molar-refractivity contribution in [3.63, 3.8) is 0 Å². The van der Waals surface area contributed by atoms with Gasteiger partial charge in [0, 0.05) is 21.3 Å². The summed E-state index contributed by atoms with van der Waals surface area (Å²) in [6.45, 7) is 0. The molecule has 0 spiro atoms. The largest absolute Gasteiger partial charge is 0.358 e. The second kappa shape index (κ2) is 7.93. The van der Waals surface area contributed by atoms with Crippen LogP contribution in [-0.4, -0.2) is 28.5 Å². The fourth-order valence-corrected chi connectivity index (χ4v) is 6.02. The lowest BCUT2D eigenvalue weighted by atomic mass is 9.83. The monoisotopic (exact) mass is 532 g/mol. The van der Waals surface area contributed by atoms with E-state index < -0.39 is 23.9 Å². The smallest absolute Gasteiger partial charge is 0.240 e. The van der Waals surface area contributed by atoms with Gasteiger partial charge in [0.2, 0.25) is 11.8 Å². The predicted molar refractivity (Wildman–Crippen MR) is 133 cm³/mol. The topological polar surface area (TPSA) is 57.7 Å². The van der Waals surface area contributed by atoms with Crippen LogP contribution in [0.4, 0.5) is 5.69 Å². The van der Waals surface area contributed by atoms with Crippen LogP contribution in [0.25, 0.3) is 6.08 Å². The lowest BCUT2D eigenvalue weighted by Gasteiger charge is -2.35. The molecule has 168 valence electrons. The molecule has 3 aromatic rings. The zero-order valence-corrected chi connectivity index (χ0v) is 20.1. The van der Waals surface area contributed by atoms with E-state index in [2.05, 4.69) is 15.9 Å². The van der Waals surface area contributed by atoms with Gasteiger partial charge in [-0.2, -0.15) is 0 Å². The molecule has 0 bridgehead atoms. The molecule has 2 fully saturated rings. The van der Waals surface area contributed by atoms with Gasteiger partial charge in [-0.25, -0.2) is 4.90 Å². The van der Waals surface area contributed by atoms with E-state index in [1.54, 1.807) is 42.5 Å². The van der Waals surface area contributed by atoms with Gasteiger partial charge in [0.25, 0.3) is 0 Å². The summed E-state index contributed by atoms with van der Waals surface area (Å²) in [5.41, 5.74) is 2.90. The maximum Gasteiger partial charge on any atom is 0.240 e. The highest BCUT2D eigenvalue weighted by Gasteiger charge is 2.64. The summed E-state index contributed by atoms with van der Waals surface area (Å²) in [6.07, 6.45) is 3.80. The maximum absolute atomic E-state index is 13.8. The van der Waals surface area contributed by atoms with Crippen LogP contribution in [0.15, 0.2) is 83.5 Å². The Labute approximate surface area is 209 Å². The van der Waals surface area contributed by atoms with Crippen molar-refractivity contribution in [3.05, 3.63) is 105 Å². The molecule has 3 heterocycles. The molecule has 6 rings (SSSR count). The van der Waals surface area contributed by atoms with E-state index in [-0.39, 0.29) is 17.6 Å². The predicted octanol–water partition coefficient (Wildman–Crippen LogP) is 5.50. The van der Waals surface area contributed by atoms with Crippen LogP contribution >= 0.6 is 27.5 Å². The van der Waals surface area contributed by atoms with E-state index in [1.165, 1.54) is 4.90 Å². The van der Waals surface area contributed by atoms with Crippen molar-refractivity contribution in [2.45, 2.75) is 12.1 Å². The number of nitrogens with zero attached hydrogens (tertiary/aromatic N) is 2. The number of carbonyl (C=O) groups excluding carboxylic acids is 3. The summed E-state index contributed by atoms with van der Waals surface area (Å²) in [7, 11) is 0. The highest BCUT2D eigenvalue weighted by atomic mass is 79.9. The Morgan fingerprint density at radius 1 is 0.882 bits per heavy atom. The molecule has 0 saturated carbocycles. The number of Topliss-reactive ketones (excluding diaryl/α,β-unsaturated/α-hetero) is 1. The Kier molecular flexibility index (Phi) is 4.97. The first-order chi connectivity index (χ1) is 16.5. The van der Waals surface area contributed by atoms with Crippen molar-refractivity contribution >= 4 is 56.9 Å². The molecular weight excluding hydrogens is 516 g/mol. The van der Waals surface area contributed by atoms with Gasteiger partial charge in [0.15, 0.2) is 5.78 Å². The number of anilines is 1. The zero-order chi connectivity index (χ0) is 23.6. The molecule has 3 aromatic carbocycles. The normalized spacial score (nSPS) is 24.8. The van der Waals surface area contributed by atoms with Crippen molar-refractivity contribution in [1.29, 1.82) is 0 Å². The summed E-state index contributed by atoms with van der Waals surface area (Å²) in [5, 5.41) is 0.526. The molecule has 2 amide bonds. The Bertz CT molecular complexity index is 1390. The summed E-state index contributed by atoms with van der Waals surface area (Å²) in [4.78, 5) is 44.6. The Balaban J connectivity index is 1.50. The second-order valence-electron chi connectivity index (χ2n) is 8.70. The molecule has 3 aliphatic rings. The molecule has 4 atom stereocenters. The van der Waals surface area contributed by atoms with Crippen LogP contribution in [0.1, 0.15) is 27.5 Å². The van der Waals surface area contributed by atoms with Gasteiger partial charge in [-0.05, 0) is 59.7 Å². The number of carbonyl (C=O) groups is 3. The number of hydrogen-bond acceptors (Lipinski definition) is 4. The van der Waals surface area contributed by atoms with E-state index in [9.17, 15) is 14.4 Å². The number of benzene rings is 3. The first kappa shape index (κ1) is 21.3. The molecule has 2 saturated heterocycles. The van der Waals surface area contributed by atoms with E-state index in [0.29, 0.717) is 16.3 Å². The molecule has 0 unspecified atom stereocenters. The highest BCUT2D eigenvalue weighted by molar-refractivity contribution is 9.10. The summed E-state index contributed by atoms with van der Waals surface area (Å²) in [5.74, 6) is -2.29. The van der Waals surface area contributed by atoms with Gasteiger partial charge in [0.05, 0.1) is 23.6 Å². The first-order valence-electron chi connectivity index (χ1n) is 10.9. The fourth-order valence-electron chi connectivity index (χ4n) is 5.51. The second-order valence-corrected chi connectivity index (χ2v) is 10.0. The van der Waals surface area contributed by atoms with Crippen molar-refractivity contribution in [2.24, 2.45) is 11.8 Å².